The number of hydrogen-bond acceptors (Lipinski definition) is 1. The van der Waals surface area contributed by atoms with Gasteiger partial charge in [0.15, 0.2) is 0 Å². The fourth-order valence-corrected chi connectivity index (χ4v) is 3.05. The number of hydrogen-bond donors (Lipinski definition) is 1. The Bertz CT molecular complexity index is 420. The SMILES string of the molecule is CCC(CC)NC(=O)N1CCC(Cc2ccccc2)CC1. The van der Waals surface area contributed by atoms with Crippen molar-refractivity contribution >= 4 is 6.03 Å². The topological polar surface area (TPSA) is 32.3 Å². The zero-order chi connectivity index (χ0) is 15.1. The van der Waals surface area contributed by atoms with Crippen LogP contribution in [0.1, 0.15) is 45.1 Å². The minimum atomic E-state index is 0.127. The molecule has 1 N–H and O–H groups in total. The molecule has 2 amide bonds. The van der Waals surface area contributed by atoms with Gasteiger partial charge in [-0.2, -0.15) is 0 Å². The van der Waals surface area contributed by atoms with Gasteiger partial charge in [0.1, 0.15) is 0 Å². The molecule has 0 unspecified atom stereocenters. The summed E-state index contributed by atoms with van der Waals surface area (Å²) in [6.45, 7) is 6.04. The zero-order valence-corrected chi connectivity index (χ0v) is 13.3. The minimum Gasteiger partial charge on any atom is -0.335 e. The first-order valence-electron chi connectivity index (χ1n) is 8.32. The van der Waals surface area contributed by atoms with Crippen LogP contribution in [-0.4, -0.2) is 30.1 Å². The van der Waals surface area contributed by atoms with E-state index in [1.807, 2.05) is 4.90 Å². The molecule has 0 saturated carbocycles. The van der Waals surface area contributed by atoms with Crippen LogP contribution in [0, 0.1) is 5.92 Å². The van der Waals surface area contributed by atoms with Crippen molar-refractivity contribution in [3.63, 3.8) is 0 Å². The van der Waals surface area contributed by atoms with Gasteiger partial charge in [-0.25, -0.2) is 4.79 Å². The van der Waals surface area contributed by atoms with Crippen molar-refractivity contribution in [2.75, 3.05) is 13.1 Å². The van der Waals surface area contributed by atoms with Crippen LogP contribution in [0.15, 0.2) is 30.3 Å². The quantitative estimate of drug-likeness (QED) is 0.877. The molecule has 1 aromatic carbocycles. The van der Waals surface area contributed by atoms with Crippen LogP contribution in [0.4, 0.5) is 4.79 Å². The second-order valence-electron chi connectivity index (χ2n) is 6.08. The molecule has 0 aromatic heterocycles. The van der Waals surface area contributed by atoms with Crippen molar-refractivity contribution in [1.82, 2.24) is 10.2 Å². The lowest BCUT2D eigenvalue weighted by atomic mass is 9.90. The molecule has 1 fully saturated rings. The molecule has 1 aromatic rings. The minimum absolute atomic E-state index is 0.127. The van der Waals surface area contributed by atoms with Gasteiger partial charge in [-0.3, -0.25) is 0 Å². The van der Waals surface area contributed by atoms with Crippen LogP contribution < -0.4 is 5.32 Å². The van der Waals surface area contributed by atoms with Gasteiger partial charge in [0, 0.05) is 19.1 Å². The number of rotatable bonds is 5. The predicted molar refractivity (Wildman–Crippen MR) is 87.3 cm³/mol. The van der Waals surface area contributed by atoms with Gasteiger partial charge in [0.2, 0.25) is 0 Å². The molecule has 1 aliphatic heterocycles. The van der Waals surface area contributed by atoms with Gasteiger partial charge in [-0.15, -0.1) is 0 Å². The Balaban J connectivity index is 1.76. The number of piperidine rings is 1. The van der Waals surface area contributed by atoms with Crippen LogP contribution >= 0.6 is 0 Å². The smallest absolute Gasteiger partial charge is 0.317 e. The number of amides is 2. The second kappa shape index (κ2) is 8.06. The molecule has 0 bridgehead atoms. The molecule has 0 spiro atoms. The van der Waals surface area contributed by atoms with E-state index < -0.39 is 0 Å². The summed E-state index contributed by atoms with van der Waals surface area (Å²) in [6.07, 6.45) is 5.39. The van der Waals surface area contributed by atoms with Crippen molar-refractivity contribution in [2.45, 2.75) is 52.0 Å². The first-order valence-corrected chi connectivity index (χ1v) is 8.32. The van der Waals surface area contributed by atoms with Crippen molar-refractivity contribution in [2.24, 2.45) is 5.92 Å². The third-order valence-electron chi connectivity index (χ3n) is 4.58. The Morgan fingerprint density at radius 2 is 1.81 bits per heavy atom. The summed E-state index contributed by atoms with van der Waals surface area (Å²) in [5, 5.41) is 3.14. The summed E-state index contributed by atoms with van der Waals surface area (Å²) in [4.78, 5) is 14.2. The number of nitrogens with one attached hydrogen (secondary N) is 1. The van der Waals surface area contributed by atoms with Gasteiger partial charge in [0.25, 0.3) is 0 Å². The number of likely N-dealkylation sites (tertiary alicyclic amines) is 1. The van der Waals surface area contributed by atoms with Crippen molar-refractivity contribution in [3.8, 4) is 0 Å². The van der Waals surface area contributed by atoms with E-state index in [1.165, 1.54) is 5.56 Å². The average molecular weight is 288 g/mol. The highest BCUT2D eigenvalue weighted by Crippen LogP contribution is 2.21. The Hall–Kier alpha value is -1.51. The molecule has 3 nitrogen and oxygen atoms in total. The molecule has 3 heteroatoms. The van der Waals surface area contributed by atoms with Gasteiger partial charge in [-0.1, -0.05) is 44.2 Å². The third-order valence-corrected chi connectivity index (χ3v) is 4.58. The summed E-state index contributed by atoms with van der Waals surface area (Å²) in [5.41, 5.74) is 1.41. The number of carbonyl (C=O) groups is 1. The standard InChI is InChI=1S/C18H28N2O/c1-3-17(4-2)19-18(21)20-12-10-16(11-13-20)14-15-8-6-5-7-9-15/h5-9,16-17H,3-4,10-14H2,1-2H3,(H,19,21). The first-order chi connectivity index (χ1) is 10.2. The third kappa shape index (κ3) is 4.76. The molecule has 2 rings (SSSR count). The van der Waals surface area contributed by atoms with Crippen LogP contribution in [0.2, 0.25) is 0 Å². The summed E-state index contributed by atoms with van der Waals surface area (Å²) >= 11 is 0. The molecule has 0 aliphatic carbocycles. The summed E-state index contributed by atoms with van der Waals surface area (Å²) in [5.74, 6) is 0.713. The highest BCUT2D eigenvalue weighted by molar-refractivity contribution is 5.74. The lowest BCUT2D eigenvalue weighted by molar-refractivity contribution is 0.166. The number of urea groups is 1. The molecule has 116 valence electrons. The maximum atomic E-state index is 12.2. The normalized spacial score (nSPS) is 16.2. The first kappa shape index (κ1) is 15.9. The number of carbonyl (C=O) groups excluding carboxylic acids is 1. The van der Waals surface area contributed by atoms with Crippen LogP contribution in [0.25, 0.3) is 0 Å². The van der Waals surface area contributed by atoms with E-state index in [9.17, 15) is 4.79 Å². The van der Waals surface area contributed by atoms with E-state index >= 15 is 0 Å². The van der Waals surface area contributed by atoms with Gasteiger partial charge in [-0.05, 0) is 43.6 Å². The van der Waals surface area contributed by atoms with Crippen molar-refractivity contribution in [1.29, 1.82) is 0 Å². The van der Waals surface area contributed by atoms with Crippen LogP contribution in [-0.2, 0) is 6.42 Å². The molecule has 1 aliphatic rings. The second-order valence-corrected chi connectivity index (χ2v) is 6.08. The molecule has 21 heavy (non-hydrogen) atoms. The average Bonchev–Trinajstić information content (AvgIpc) is 2.54. The molecule has 0 radical (unpaired) electrons. The Labute approximate surface area is 128 Å². The fourth-order valence-electron chi connectivity index (χ4n) is 3.05. The van der Waals surface area contributed by atoms with Gasteiger partial charge in [0.05, 0.1) is 0 Å². The van der Waals surface area contributed by atoms with E-state index in [0.29, 0.717) is 12.0 Å². The van der Waals surface area contributed by atoms with Gasteiger partial charge < -0.3 is 10.2 Å². The van der Waals surface area contributed by atoms with E-state index in [4.69, 9.17) is 0 Å². The van der Waals surface area contributed by atoms with Crippen LogP contribution in [0.5, 0.6) is 0 Å². The number of nitrogens with zero attached hydrogens (tertiary/aromatic N) is 1. The highest BCUT2D eigenvalue weighted by atomic mass is 16.2. The monoisotopic (exact) mass is 288 g/mol. The molecular formula is C18H28N2O. The Morgan fingerprint density at radius 3 is 2.38 bits per heavy atom. The number of benzene rings is 1. The maximum absolute atomic E-state index is 12.2. The van der Waals surface area contributed by atoms with Gasteiger partial charge >= 0.3 is 6.03 Å². The molecule has 1 saturated heterocycles. The lowest BCUT2D eigenvalue weighted by Gasteiger charge is -2.33. The Kier molecular flexibility index (Phi) is 6.09. The summed E-state index contributed by atoms with van der Waals surface area (Å²) in [6, 6.07) is 11.1. The van der Waals surface area contributed by atoms with Crippen LogP contribution in [0.3, 0.4) is 0 Å². The van der Waals surface area contributed by atoms with E-state index in [1.54, 1.807) is 0 Å². The summed E-state index contributed by atoms with van der Waals surface area (Å²) in [7, 11) is 0. The molecule has 0 atom stereocenters. The predicted octanol–water partition coefficient (Wildman–Crippen LogP) is 3.84. The largest absolute Gasteiger partial charge is 0.335 e. The van der Waals surface area contributed by atoms with Crippen molar-refractivity contribution in [3.05, 3.63) is 35.9 Å². The maximum Gasteiger partial charge on any atom is 0.317 e. The highest BCUT2D eigenvalue weighted by Gasteiger charge is 2.23. The fraction of sp³-hybridized carbons (Fsp3) is 0.611. The molecular weight excluding hydrogens is 260 g/mol. The Morgan fingerprint density at radius 1 is 1.19 bits per heavy atom. The van der Waals surface area contributed by atoms with E-state index in [-0.39, 0.29) is 6.03 Å². The van der Waals surface area contributed by atoms with E-state index in [2.05, 4.69) is 49.5 Å². The van der Waals surface area contributed by atoms with E-state index in [0.717, 1.165) is 45.2 Å². The molecule has 1 heterocycles. The lowest BCUT2D eigenvalue weighted by Crippen LogP contribution is -2.47. The zero-order valence-electron chi connectivity index (χ0n) is 13.3. The summed E-state index contributed by atoms with van der Waals surface area (Å²) < 4.78 is 0. The van der Waals surface area contributed by atoms with Crippen molar-refractivity contribution < 1.29 is 4.79 Å².